The number of hydrogen-bond donors (Lipinski definition) is 12. The van der Waals surface area contributed by atoms with Crippen LogP contribution in [-0.2, 0) is 33.3 Å². The highest BCUT2D eigenvalue weighted by molar-refractivity contribution is 5.71. The van der Waals surface area contributed by atoms with Crippen molar-refractivity contribution in [3.05, 3.63) is 0 Å². The van der Waals surface area contributed by atoms with E-state index < -0.39 is 124 Å². The maximum atomic E-state index is 11.1. The fourth-order valence-corrected chi connectivity index (χ4v) is 3.81. The summed E-state index contributed by atoms with van der Waals surface area (Å²) >= 11 is 0. The molecule has 0 aromatic carbocycles. The van der Waals surface area contributed by atoms with E-state index in [4.69, 9.17) is 29.2 Å². The smallest absolute Gasteiger partial charge is 0.308 e. The first-order valence-corrected chi connectivity index (χ1v) is 13.2. The molecule has 13 atom stereocenters. The van der Waals surface area contributed by atoms with Gasteiger partial charge in [-0.1, -0.05) is 13.8 Å². The van der Waals surface area contributed by atoms with E-state index in [1.54, 1.807) is 13.8 Å². The van der Waals surface area contributed by atoms with Gasteiger partial charge in [-0.05, 0) is 0 Å². The van der Waals surface area contributed by atoms with Gasteiger partial charge in [0.15, 0.2) is 6.29 Å². The highest BCUT2D eigenvalue weighted by atomic mass is 16.8. The van der Waals surface area contributed by atoms with Crippen molar-refractivity contribution in [1.82, 2.24) is 0 Å². The van der Waals surface area contributed by atoms with Crippen LogP contribution in [0, 0.1) is 5.92 Å². The summed E-state index contributed by atoms with van der Waals surface area (Å²) in [4.78, 5) is 22.2. The summed E-state index contributed by atoms with van der Waals surface area (Å²) in [6.45, 7) is 0.898. The number of esters is 2. The van der Waals surface area contributed by atoms with Gasteiger partial charge in [0.1, 0.15) is 80.4 Å². The van der Waals surface area contributed by atoms with E-state index in [1.807, 2.05) is 0 Å². The predicted molar refractivity (Wildman–Crippen MR) is 135 cm³/mol. The first-order valence-electron chi connectivity index (χ1n) is 13.2. The molecule has 0 spiro atoms. The zero-order valence-corrected chi connectivity index (χ0v) is 23.8. The Morgan fingerprint density at radius 1 is 0.791 bits per heavy atom. The van der Waals surface area contributed by atoms with E-state index in [1.165, 1.54) is 0 Å². The number of ether oxygens (including phenoxy) is 5. The van der Waals surface area contributed by atoms with Crippen LogP contribution in [0.25, 0.3) is 0 Å². The summed E-state index contributed by atoms with van der Waals surface area (Å²) in [5.74, 6) is -3.91. The topological polar surface area (TPSA) is 323 Å². The molecule has 0 unspecified atom stereocenters. The fourth-order valence-electron chi connectivity index (χ4n) is 3.81. The summed E-state index contributed by atoms with van der Waals surface area (Å²) < 4.78 is 25.3. The van der Waals surface area contributed by atoms with Crippen LogP contribution in [0.15, 0.2) is 0 Å². The fraction of sp³-hybridized carbons (Fsp3) is 0.917. The quantitative estimate of drug-likeness (QED) is 0.0835. The third-order valence-corrected chi connectivity index (χ3v) is 6.52. The Morgan fingerprint density at radius 3 is 1.81 bits per heavy atom. The monoisotopic (exact) mass is 636 g/mol. The van der Waals surface area contributed by atoms with Gasteiger partial charge in [-0.25, -0.2) is 0 Å². The summed E-state index contributed by atoms with van der Waals surface area (Å²) in [5.41, 5.74) is 0. The van der Waals surface area contributed by atoms with E-state index in [0.717, 1.165) is 6.92 Å². The number of carbonyl (C=O) groups excluding carboxylic acids is 2. The minimum absolute atomic E-state index is 0.368. The van der Waals surface area contributed by atoms with Gasteiger partial charge in [0, 0.05) is 6.92 Å². The number of aliphatic hydroxyl groups is 12. The van der Waals surface area contributed by atoms with Gasteiger partial charge in [0.2, 0.25) is 5.79 Å². The highest BCUT2D eigenvalue weighted by Gasteiger charge is 2.59. The third kappa shape index (κ3) is 10.4. The van der Waals surface area contributed by atoms with Crippen molar-refractivity contribution in [2.24, 2.45) is 5.92 Å². The Labute approximate surface area is 246 Å². The molecule has 2 fully saturated rings. The summed E-state index contributed by atoms with van der Waals surface area (Å²) in [5, 5.41) is 114. The maximum absolute atomic E-state index is 11.1. The lowest BCUT2D eigenvalue weighted by molar-refractivity contribution is -0.383. The highest BCUT2D eigenvalue weighted by Crippen LogP contribution is 2.36. The Balaban J connectivity index is 0.000000474. The molecule has 0 radical (unpaired) electrons. The third-order valence-electron chi connectivity index (χ3n) is 6.52. The molecule has 0 aromatic rings. The Bertz CT molecular complexity index is 843. The van der Waals surface area contributed by atoms with Crippen LogP contribution in [0.3, 0.4) is 0 Å². The van der Waals surface area contributed by atoms with Crippen LogP contribution in [0.2, 0.25) is 0 Å². The maximum Gasteiger partial charge on any atom is 0.308 e. The molecule has 0 aliphatic carbocycles. The van der Waals surface area contributed by atoms with Crippen LogP contribution >= 0.6 is 0 Å². The van der Waals surface area contributed by atoms with Gasteiger partial charge in [-0.2, -0.15) is 0 Å². The van der Waals surface area contributed by atoms with Gasteiger partial charge in [-0.3, -0.25) is 9.59 Å². The van der Waals surface area contributed by atoms with Crippen molar-refractivity contribution in [2.75, 3.05) is 33.0 Å². The van der Waals surface area contributed by atoms with Crippen molar-refractivity contribution in [3.8, 4) is 0 Å². The van der Waals surface area contributed by atoms with Crippen LogP contribution < -0.4 is 0 Å². The van der Waals surface area contributed by atoms with E-state index in [2.05, 4.69) is 4.74 Å². The number of rotatable bonds is 13. The molecule has 2 aliphatic heterocycles. The average Bonchev–Trinajstić information content (AvgIpc) is 3.22. The molecule has 0 saturated carbocycles. The SMILES string of the molecule is CC(=O)OC[C@@]1(O[C@H]2O[C@H](CO)[C@@H](O)[C@H](O)[C@H]2O)O[C@H](CO)[C@@H](O)[C@@H]1O.CC(C)C(=O)OC[C@H](O)[C@@H](O)[C@H](O)[C@H](O)CO. The van der Waals surface area contributed by atoms with Crippen molar-refractivity contribution in [1.29, 1.82) is 0 Å². The van der Waals surface area contributed by atoms with Gasteiger partial charge in [-0.15, -0.1) is 0 Å². The molecule has 0 amide bonds. The molecular weight excluding hydrogens is 592 g/mol. The second kappa shape index (κ2) is 17.7. The second-order valence-corrected chi connectivity index (χ2v) is 10.3. The molecule has 19 heteroatoms. The molecular formula is C24H44O19. The van der Waals surface area contributed by atoms with Crippen LogP contribution in [0.1, 0.15) is 20.8 Å². The summed E-state index contributed by atoms with van der Waals surface area (Å²) in [7, 11) is 0. The first kappa shape index (κ1) is 39.4. The lowest BCUT2D eigenvalue weighted by Gasteiger charge is -2.43. The van der Waals surface area contributed by atoms with Crippen LogP contribution in [0.5, 0.6) is 0 Å². The normalized spacial score (nSPS) is 35.3. The molecule has 12 N–H and O–H groups in total. The van der Waals surface area contributed by atoms with Gasteiger partial charge in [0.25, 0.3) is 0 Å². The molecule has 0 bridgehead atoms. The minimum atomic E-state index is -2.23. The van der Waals surface area contributed by atoms with E-state index in [0.29, 0.717) is 0 Å². The van der Waals surface area contributed by atoms with Crippen molar-refractivity contribution >= 4 is 11.9 Å². The number of carbonyl (C=O) groups is 2. The zero-order valence-electron chi connectivity index (χ0n) is 23.8. The molecule has 2 heterocycles. The molecule has 2 rings (SSSR count). The number of aliphatic hydroxyl groups excluding tert-OH is 12. The van der Waals surface area contributed by atoms with Crippen molar-refractivity contribution in [3.63, 3.8) is 0 Å². The standard InChI is InChI=1S/C14H24O12.C10H20O7/c1-5(17)23-4-14(12(22)9(19)7(3-16)25-14)26-13-11(21)10(20)8(18)6(2-15)24-13;1-5(2)10(16)17-4-7(13)9(15)8(14)6(12)3-11/h6-13,15-16,18-22H,2-4H2,1H3;5-9,11-15H,3-4H2,1-2H3/t6-,7-,8-,9-,10+,11-,12+,13-,14+;6-,7+,8-,9-/m11/s1. The zero-order chi connectivity index (χ0) is 33.2. The lowest BCUT2D eigenvalue weighted by Crippen LogP contribution is -2.62. The molecule has 0 aromatic heterocycles. The lowest BCUT2D eigenvalue weighted by atomic mass is 9.99. The van der Waals surface area contributed by atoms with E-state index in [9.17, 15) is 60.7 Å². The summed E-state index contributed by atoms with van der Waals surface area (Å²) in [6, 6.07) is 0. The van der Waals surface area contributed by atoms with Crippen LogP contribution in [-0.4, -0.2) is 185 Å². The minimum Gasteiger partial charge on any atom is -0.463 e. The van der Waals surface area contributed by atoms with E-state index in [-0.39, 0.29) is 5.92 Å². The van der Waals surface area contributed by atoms with Crippen molar-refractivity contribution < 1.29 is 94.6 Å². The largest absolute Gasteiger partial charge is 0.463 e. The van der Waals surface area contributed by atoms with Gasteiger partial charge >= 0.3 is 11.9 Å². The molecule has 2 aliphatic rings. The average molecular weight is 637 g/mol. The Kier molecular flexibility index (Phi) is 16.2. The Hall–Kier alpha value is -1.66. The van der Waals surface area contributed by atoms with E-state index >= 15 is 0 Å². The second-order valence-electron chi connectivity index (χ2n) is 10.3. The van der Waals surface area contributed by atoms with Crippen molar-refractivity contribution in [2.45, 2.75) is 100.0 Å². The van der Waals surface area contributed by atoms with Gasteiger partial charge in [0.05, 0.1) is 25.7 Å². The number of hydrogen-bond acceptors (Lipinski definition) is 19. The molecule has 254 valence electrons. The summed E-state index contributed by atoms with van der Waals surface area (Å²) in [6.07, 6.45) is -19.5. The first-order chi connectivity index (χ1) is 20.0. The van der Waals surface area contributed by atoms with Gasteiger partial charge < -0.3 is 85.0 Å². The van der Waals surface area contributed by atoms with Crippen LogP contribution in [0.4, 0.5) is 0 Å². The predicted octanol–water partition coefficient (Wildman–Crippen LogP) is -7.20. The molecule has 43 heavy (non-hydrogen) atoms. The molecule has 2 saturated heterocycles. The molecule has 19 nitrogen and oxygen atoms in total. The Morgan fingerprint density at radius 2 is 1.35 bits per heavy atom.